The molecule has 17 heavy (non-hydrogen) atoms. The molecular formula is C10H5Br2F3O2. The summed E-state index contributed by atoms with van der Waals surface area (Å²) in [5.74, 6) is -0.635. The van der Waals surface area contributed by atoms with E-state index in [2.05, 4.69) is 36.6 Å². The van der Waals surface area contributed by atoms with Crippen LogP contribution in [-0.4, -0.2) is 15.4 Å². The summed E-state index contributed by atoms with van der Waals surface area (Å²) in [5.41, 5.74) is 0.490. The van der Waals surface area contributed by atoms with E-state index in [1.165, 1.54) is 18.2 Å². The minimum atomic E-state index is -4.76. The first kappa shape index (κ1) is 12.9. The molecule has 0 radical (unpaired) electrons. The Bertz CT molecular complexity index is 483. The summed E-state index contributed by atoms with van der Waals surface area (Å²) in [7, 11) is 0. The van der Waals surface area contributed by atoms with Gasteiger partial charge < -0.3 is 4.74 Å². The number of hydrogen-bond donors (Lipinski definition) is 0. The van der Waals surface area contributed by atoms with Gasteiger partial charge in [0.15, 0.2) is 5.78 Å². The number of ether oxygens (including phenoxy) is 1. The van der Waals surface area contributed by atoms with Crippen LogP contribution in [-0.2, 0) is 6.42 Å². The lowest BCUT2D eigenvalue weighted by molar-refractivity contribution is -0.274. The first-order valence-corrected chi connectivity index (χ1v) is 6.09. The van der Waals surface area contributed by atoms with Crippen molar-refractivity contribution < 1.29 is 22.7 Å². The molecule has 2 nitrogen and oxygen atoms in total. The lowest BCUT2D eigenvalue weighted by atomic mass is 10.1. The van der Waals surface area contributed by atoms with Gasteiger partial charge in [-0.2, -0.15) is 0 Å². The first-order valence-electron chi connectivity index (χ1n) is 4.51. The van der Waals surface area contributed by atoms with Crippen molar-refractivity contribution >= 4 is 37.6 Å². The Kier molecular flexibility index (Phi) is 3.02. The number of alkyl halides is 5. The fraction of sp³-hybridized carbons (Fsp3) is 0.300. The van der Waals surface area contributed by atoms with E-state index in [4.69, 9.17) is 0 Å². The fourth-order valence-corrected chi connectivity index (χ4v) is 2.67. The third kappa shape index (κ3) is 2.49. The second kappa shape index (κ2) is 3.98. The SMILES string of the molecule is O=C1c2cccc(OC(F)(F)F)c2CC1(Br)Br. The van der Waals surface area contributed by atoms with Gasteiger partial charge in [-0.1, -0.05) is 44.0 Å². The van der Waals surface area contributed by atoms with Gasteiger partial charge in [-0.05, 0) is 6.07 Å². The number of carbonyl (C=O) groups is 1. The average molecular weight is 374 g/mol. The van der Waals surface area contributed by atoms with Gasteiger partial charge >= 0.3 is 6.36 Å². The van der Waals surface area contributed by atoms with Crippen LogP contribution in [0.4, 0.5) is 13.2 Å². The monoisotopic (exact) mass is 372 g/mol. The van der Waals surface area contributed by atoms with Crippen LogP contribution in [0, 0.1) is 0 Å². The van der Waals surface area contributed by atoms with E-state index in [-0.39, 0.29) is 29.1 Å². The van der Waals surface area contributed by atoms with Gasteiger partial charge in [0.05, 0.1) is 0 Å². The van der Waals surface area contributed by atoms with Crippen LogP contribution in [0.1, 0.15) is 15.9 Å². The smallest absolute Gasteiger partial charge is 0.405 e. The summed E-state index contributed by atoms with van der Waals surface area (Å²) in [5, 5.41) is 0. The normalized spacial score (nSPS) is 18.1. The molecule has 0 saturated carbocycles. The van der Waals surface area contributed by atoms with Crippen LogP contribution >= 0.6 is 31.9 Å². The van der Waals surface area contributed by atoms with Crippen LogP contribution in [0.3, 0.4) is 0 Å². The number of Topliss-reactive ketones (excluding diaryl/α,β-unsaturated/α-hetero) is 1. The molecule has 0 atom stereocenters. The van der Waals surface area contributed by atoms with Gasteiger partial charge in [-0.3, -0.25) is 4.79 Å². The number of benzene rings is 1. The molecule has 1 aromatic rings. The van der Waals surface area contributed by atoms with Crippen molar-refractivity contribution in [2.45, 2.75) is 16.0 Å². The number of fused-ring (bicyclic) bond motifs is 1. The molecule has 1 aliphatic rings. The Morgan fingerprint density at radius 2 is 1.94 bits per heavy atom. The molecule has 0 saturated heterocycles. The number of ketones is 1. The van der Waals surface area contributed by atoms with E-state index in [0.717, 1.165) is 0 Å². The maximum Gasteiger partial charge on any atom is 0.573 e. The summed E-state index contributed by atoms with van der Waals surface area (Å²) in [6, 6.07) is 4.03. The molecule has 0 spiro atoms. The Morgan fingerprint density at radius 3 is 2.53 bits per heavy atom. The van der Waals surface area contributed by atoms with Crippen LogP contribution < -0.4 is 4.74 Å². The van der Waals surface area contributed by atoms with E-state index >= 15 is 0 Å². The molecule has 0 unspecified atom stereocenters. The molecule has 0 bridgehead atoms. The zero-order valence-corrected chi connectivity index (χ0v) is 11.3. The van der Waals surface area contributed by atoms with Gasteiger partial charge in [-0.25, -0.2) is 0 Å². The van der Waals surface area contributed by atoms with Gasteiger partial charge in [0.1, 0.15) is 8.98 Å². The summed E-state index contributed by atoms with van der Waals surface area (Å²) < 4.78 is 39.4. The van der Waals surface area contributed by atoms with Crippen molar-refractivity contribution in [1.82, 2.24) is 0 Å². The van der Waals surface area contributed by atoms with Crippen molar-refractivity contribution in [3.05, 3.63) is 29.3 Å². The molecule has 0 aromatic heterocycles. The zero-order chi connectivity index (χ0) is 12.8. The van der Waals surface area contributed by atoms with E-state index in [1.54, 1.807) is 0 Å². The number of halogens is 5. The van der Waals surface area contributed by atoms with Crippen molar-refractivity contribution in [3.63, 3.8) is 0 Å². The average Bonchev–Trinajstić information content (AvgIpc) is 2.38. The minimum Gasteiger partial charge on any atom is -0.405 e. The highest BCUT2D eigenvalue weighted by Gasteiger charge is 2.44. The number of hydrogen-bond acceptors (Lipinski definition) is 2. The largest absolute Gasteiger partial charge is 0.573 e. The van der Waals surface area contributed by atoms with E-state index in [0.29, 0.717) is 0 Å². The van der Waals surface area contributed by atoms with Gasteiger partial charge in [0.2, 0.25) is 0 Å². The fourth-order valence-electron chi connectivity index (χ4n) is 1.68. The topological polar surface area (TPSA) is 26.3 Å². The quantitative estimate of drug-likeness (QED) is 0.700. The number of carbonyl (C=O) groups excluding carboxylic acids is 1. The maximum atomic E-state index is 12.2. The molecular weight excluding hydrogens is 369 g/mol. The van der Waals surface area contributed by atoms with Crippen LogP contribution in [0.5, 0.6) is 5.75 Å². The van der Waals surface area contributed by atoms with E-state index in [1.807, 2.05) is 0 Å². The molecule has 7 heteroatoms. The summed E-state index contributed by atoms with van der Waals surface area (Å²) in [6.45, 7) is 0. The molecule has 1 aromatic carbocycles. The third-order valence-corrected chi connectivity index (χ3v) is 3.62. The number of rotatable bonds is 1. The van der Waals surface area contributed by atoms with Crippen molar-refractivity contribution in [2.75, 3.05) is 0 Å². The van der Waals surface area contributed by atoms with Crippen LogP contribution in [0.2, 0.25) is 0 Å². The van der Waals surface area contributed by atoms with Gasteiger partial charge in [0.25, 0.3) is 0 Å². The Balaban J connectivity index is 2.45. The highest BCUT2D eigenvalue weighted by molar-refractivity contribution is 9.26. The second-order valence-electron chi connectivity index (χ2n) is 3.54. The summed E-state index contributed by atoms with van der Waals surface area (Å²) >= 11 is 6.27. The molecule has 1 aliphatic carbocycles. The predicted molar refractivity (Wildman–Crippen MR) is 61.7 cm³/mol. The zero-order valence-electron chi connectivity index (χ0n) is 8.15. The van der Waals surface area contributed by atoms with E-state index < -0.39 is 9.60 Å². The van der Waals surface area contributed by atoms with E-state index in [9.17, 15) is 18.0 Å². The summed E-state index contributed by atoms with van der Waals surface area (Å²) in [4.78, 5) is 11.8. The molecule has 0 amide bonds. The maximum absolute atomic E-state index is 12.2. The Morgan fingerprint density at radius 1 is 1.29 bits per heavy atom. The second-order valence-corrected chi connectivity index (χ2v) is 7.31. The van der Waals surface area contributed by atoms with Crippen molar-refractivity contribution in [3.8, 4) is 5.75 Å². The van der Waals surface area contributed by atoms with Gasteiger partial charge in [0, 0.05) is 17.5 Å². The van der Waals surface area contributed by atoms with Gasteiger partial charge in [-0.15, -0.1) is 13.2 Å². The highest BCUT2D eigenvalue weighted by atomic mass is 79.9. The Labute approximate surface area is 111 Å². The van der Waals surface area contributed by atoms with Crippen molar-refractivity contribution in [1.29, 1.82) is 0 Å². The highest BCUT2D eigenvalue weighted by Crippen LogP contribution is 2.45. The molecule has 0 aliphatic heterocycles. The molecule has 0 heterocycles. The standard InChI is InChI=1S/C10H5Br2F3O2/c11-9(12)4-6-5(8(9)16)2-1-3-7(6)17-10(13,14)15/h1-3H,4H2. The van der Waals surface area contributed by atoms with Crippen LogP contribution in [0.15, 0.2) is 18.2 Å². The molecule has 2 rings (SSSR count). The lowest BCUT2D eigenvalue weighted by Crippen LogP contribution is -2.19. The van der Waals surface area contributed by atoms with Crippen LogP contribution in [0.25, 0.3) is 0 Å². The van der Waals surface area contributed by atoms with Crippen molar-refractivity contribution in [2.24, 2.45) is 0 Å². The molecule has 92 valence electrons. The first-order chi connectivity index (χ1) is 7.71. The summed E-state index contributed by atoms with van der Waals surface area (Å²) in [6.07, 6.45) is -4.66. The molecule has 0 fully saturated rings. The Hall–Kier alpha value is -0.560. The lowest BCUT2D eigenvalue weighted by Gasteiger charge is -2.12. The molecule has 0 N–H and O–H groups in total. The predicted octanol–water partition coefficient (Wildman–Crippen LogP) is 3.81. The third-order valence-electron chi connectivity index (χ3n) is 2.33. The minimum absolute atomic E-state index is 0.105.